The van der Waals surface area contributed by atoms with E-state index in [9.17, 15) is 4.79 Å². The summed E-state index contributed by atoms with van der Waals surface area (Å²) in [5.74, 6) is -0.182. The average Bonchev–Trinajstić information content (AvgIpc) is 2.78. The van der Waals surface area contributed by atoms with E-state index in [1.807, 2.05) is 49.4 Å². The lowest BCUT2D eigenvalue weighted by molar-refractivity contribution is 0.103. The first kappa shape index (κ1) is 14.1. The molecule has 0 spiro atoms. The predicted molar refractivity (Wildman–Crippen MR) is 93.1 cm³/mol. The number of nitrogens with one attached hydrogen (secondary N) is 1. The molecule has 0 fully saturated rings. The molecule has 106 valence electrons. The monoisotopic (exact) mass is 360 g/mol. The van der Waals surface area contributed by atoms with Gasteiger partial charge in [0.25, 0.3) is 5.91 Å². The van der Waals surface area contributed by atoms with Crippen molar-refractivity contribution in [2.75, 3.05) is 11.1 Å². The fraction of sp³-hybridized carbons (Fsp3) is 0.0625. The van der Waals surface area contributed by atoms with Gasteiger partial charge in [0.05, 0.1) is 11.4 Å². The summed E-state index contributed by atoms with van der Waals surface area (Å²) in [5, 5.41) is 3.82. The maximum atomic E-state index is 12.4. The zero-order chi connectivity index (χ0) is 15.0. The van der Waals surface area contributed by atoms with Crippen LogP contribution in [0.1, 0.15) is 15.2 Å². The Kier molecular flexibility index (Phi) is 3.69. The molecule has 0 unspecified atom stereocenters. The summed E-state index contributed by atoms with van der Waals surface area (Å²) in [6.45, 7) is 2.02. The van der Waals surface area contributed by atoms with Crippen molar-refractivity contribution in [2.24, 2.45) is 0 Å². The Hall–Kier alpha value is -1.85. The maximum Gasteiger partial charge on any atom is 0.267 e. The smallest absolute Gasteiger partial charge is 0.267 e. The van der Waals surface area contributed by atoms with Gasteiger partial charge in [-0.3, -0.25) is 4.79 Å². The van der Waals surface area contributed by atoms with Crippen LogP contribution in [0.2, 0.25) is 0 Å². The summed E-state index contributed by atoms with van der Waals surface area (Å²) in [6, 6.07) is 13.5. The molecule has 0 bridgehead atoms. The minimum Gasteiger partial charge on any atom is -0.397 e. The summed E-state index contributed by atoms with van der Waals surface area (Å²) in [7, 11) is 0. The third-order valence-electron chi connectivity index (χ3n) is 3.21. The molecule has 3 nitrogen and oxygen atoms in total. The van der Waals surface area contributed by atoms with Crippen LogP contribution in [0.4, 0.5) is 11.4 Å². The van der Waals surface area contributed by atoms with Crippen LogP contribution in [0.15, 0.2) is 46.9 Å². The average molecular weight is 361 g/mol. The molecule has 3 N–H and O–H groups in total. The topological polar surface area (TPSA) is 55.1 Å². The molecule has 0 aliphatic carbocycles. The Morgan fingerprint density at radius 2 is 2.00 bits per heavy atom. The van der Waals surface area contributed by atoms with Crippen LogP contribution in [0.25, 0.3) is 10.1 Å². The van der Waals surface area contributed by atoms with Crippen LogP contribution in [0.5, 0.6) is 0 Å². The van der Waals surface area contributed by atoms with Gasteiger partial charge >= 0.3 is 0 Å². The molecule has 1 aromatic heterocycles. The van der Waals surface area contributed by atoms with E-state index in [-0.39, 0.29) is 5.91 Å². The summed E-state index contributed by atoms with van der Waals surface area (Å²) in [4.78, 5) is 13.0. The number of hydrogen-bond donors (Lipinski definition) is 2. The zero-order valence-electron chi connectivity index (χ0n) is 11.3. The number of fused-ring (bicyclic) bond motifs is 1. The number of amides is 1. The highest BCUT2D eigenvalue weighted by Crippen LogP contribution is 2.35. The largest absolute Gasteiger partial charge is 0.397 e. The lowest BCUT2D eigenvalue weighted by atomic mass is 10.1. The molecule has 0 atom stereocenters. The number of rotatable bonds is 2. The number of aryl methyl sites for hydroxylation is 1. The van der Waals surface area contributed by atoms with Crippen molar-refractivity contribution in [3.8, 4) is 0 Å². The molecule has 5 heteroatoms. The van der Waals surface area contributed by atoms with Crippen molar-refractivity contribution in [3.05, 3.63) is 57.4 Å². The molecule has 0 radical (unpaired) electrons. The number of benzene rings is 2. The fourth-order valence-electron chi connectivity index (χ4n) is 2.13. The first-order chi connectivity index (χ1) is 10.1. The summed E-state index contributed by atoms with van der Waals surface area (Å²) >= 11 is 4.84. The highest BCUT2D eigenvalue weighted by molar-refractivity contribution is 9.10. The van der Waals surface area contributed by atoms with Crippen molar-refractivity contribution in [3.63, 3.8) is 0 Å². The molecule has 3 rings (SSSR count). The van der Waals surface area contributed by atoms with Crippen molar-refractivity contribution in [1.29, 1.82) is 0 Å². The second-order valence-electron chi connectivity index (χ2n) is 4.78. The standard InChI is InChI=1S/C16H13BrN2OS/c1-9-6-7-10-13(8-9)21-15(14(10)18)16(20)19-12-5-3-2-4-11(12)17/h2-8H,18H2,1H3,(H,19,20). The fourth-order valence-corrected chi connectivity index (χ4v) is 3.63. The SMILES string of the molecule is Cc1ccc2c(N)c(C(=O)Nc3ccccc3Br)sc2c1. The number of carbonyl (C=O) groups excluding carboxylic acids is 1. The van der Waals surface area contributed by atoms with Gasteiger partial charge in [-0.1, -0.05) is 24.3 Å². The molecule has 1 heterocycles. The molecule has 0 saturated heterocycles. The molecule has 0 aliphatic heterocycles. The van der Waals surface area contributed by atoms with Gasteiger partial charge in [0.2, 0.25) is 0 Å². The van der Waals surface area contributed by atoms with Gasteiger partial charge in [0.1, 0.15) is 4.88 Å². The van der Waals surface area contributed by atoms with E-state index >= 15 is 0 Å². The molecule has 21 heavy (non-hydrogen) atoms. The van der Waals surface area contributed by atoms with Gasteiger partial charge in [0.15, 0.2) is 0 Å². The molecule has 0 aliphatic rings. The van der Waals surface area contributed by atoms with E-state index in [2.05, 4.69) is 21.2 Å². The Bertz CT molecular complexity index is 841. The molecule has 1 amide bonds. The van der Waals surface area contributed by atoms with Crippen LogP contribution in [0.3, 0.4) is 0 Å². The normalized spacial score (nSPS) is 10.8. The first-order valence-electron chi connectivity index (χ1n) is 6.41. The summed E-state index contributed by atoms with van der Waals surface area (Å²) < 4.78 is 1.87. The van der Waals surface area contributed by atoms with Gasteiger partial charge in [-0.15, -0.1) is 11.3 Å². The van der Waals surface area contributed by atoms with Gasteiger partial charge in [-0.2, -0.15) is 0 Å². The molecular weight excluding hydrogens is 348 g/mol. The maximum absolute atomic E-state index is 12.4. The summed E-state index contributed by atoms with van der Waals surface area (Å²) in [5.41, 5.74) is 8.55. The van der Waals surface area contributed by atoms with Crippen LogP contribution in [-0.2, 0) is 0 Å². The third kappa shape index (κ3) is 2.66. The van der Waals surface area contributed by atoms with E-state index in [0.717, 1.165) is 25.8 Å². The predicted octanol–water partition coefficient (Wildman–Crippen LogP) is 4.81. The van der Waals surface area contributed by atoms with E-state index in [1.54, 1.807) is 0 Å². The lowest BCUT2D eigenvalue weighted by Crippen LogP contribution is -2.12. The number of thiophene rings is 1. The van der Waals surface area contributed by atoms with E-state index in [1.165, 1.54) is 11.3 Å². The Labute approximate surface area is 134 Å². The number of nitrogen functional groups attached to an aromatic ring is 1. The van der Waals surface area contributed by atoms with Crippen molar-refractivity contribution in [1.82, 2.24) is 0 Å². The second-order valence-corrected chi connectivity index (χ2v) is 6.68. The Morgan fingerprint density at radius 3 is 2.76 bits per heavy atom. The number of hydrogen-bond acceptors (Lipinski definition) is 3. The number of nitrogens with two attached hydrogens (primary N) is 1. The van der Waals surface area contributed by atoms with Crippen LogP contribution >= 0.6 is 27.3 Å². The van der Waals surface area contributed by atoms with Crippen LogP contribution < -0.4 is 11.1 Å². The minimum absolute atomic E-state index is 0.182. The van der Waals surface area contributed by atoms with Crippen LogP contribution in [-0.4, -0.2) is 5.91 Å². The quantitative estimate of drug-likeness (QED) is 0.688. The van der Waals surface area contributed by atoms with Gasteiger partial charge in [-0.05, 0) is 46.6 Å². The highest BCUT2D eigenvalue weighted by atomic mass is 79.9. The molecule has 3 aromatic rings. The van der Waals surface area contributed by atoms with Gasteiger partial charge in [0, 0.05) is 14.6 Å². The van der Waals surface area contributed by atoms with Gasteiger partial charge < -0.3 is 11.1 Å². The van der Waals surface area contributed by atoms with Crippen molar-refractivity contribution in [2.45, 2.75) is 6.92 Å². The van der Waals surface area contributed by atoms with Crippen LogP contribution in [0, 0.1) is 6.92 Å². The lowest BCUT2D eigenvalue weighted by Gasteiger charge is -2.06. The molecule has 0 saturated carbocycles. The number of anilines is 2. The molecule has 2 aromatic carbocycles. The Balaban J connectivity index is 1.98. The van der Waals surface area contributed by atoms with E-state index < -0.39 is 0 Å². The summed E-state index contributed by atoms with van der Waals surface area (Å²) in [6.07, 6.45) is 0. The number of halogens is 1. The van der Waals surface area contributed by atoms with Gasteiger partial charge in [-0.25, -0.2) is 0 Å². The molecular formula is C16H13BrN2OS. The highest BCUT2D eigenvalue weighted by Gasteiger charge is 2.17. The number of carbonyl (C=O) groups is 1. The first-order valence-corrected chi connectivity index (χ1v) is 8.01. The zero-order valence-corrected chi connectivity index (χ0v) is 13.7. The minimum atomic E-state index is -0.182. The second kappa shape index (κ2) is 5.50. The van der Waals surface area contributed by atoms with E-state index in [0.29, 0.717) is 10.6 Å². The third-order valence-corrected chi connectivity index (χ3v) is 5.07. The van der Waals surface area contributed by atoms with Crippen molar-refractivity contribution >= 4 is 54.6 Å². The Morgan fingerprint density at radius 1 is 1.24 bits per heavy atom. The van der Waals surface area contributed by atoms with Crippen molar-refractivity contribution < 1.29 is 4.79 Å². The van der Waals surface area contributed by atoms with E-state index in [4.69, 9.17) is 5.73 Å². The number of para-hydroxylation sites is 1.